The molecule has 1 aromatic carbocycles. The second kappa shape index (κ2) is 10.9. The first-order valence-corrected chi connectivity index (χ1v) is 14.3. The van der Waals surface area contributed by atoms with Crippen molar-refractivity contribution in [3.05, 3.63) is 68.5 Å². The fourth-order valence-electron chi connectivity index (χ4n) is 5.02. The van der Waals surface area contributed by atoms with Crippen LogP contribution in [0.5, 0.6) is 5.75 Å². The van der Waals surface area contributed by atoms with Gasteiger partial charge in [0.15, 0.2) is 0 Å². The first-order valence-electron chi connectivity index (χ1n) is 12.7. The van der Waals surface area contributed by atoms with Gasteiger partial charge in [0.2, 0.25) is 22.1 Å². The Morgan fingerprint density at radius 1 is 1.10 bits per heavy atom. The monoisotopic (exact) mass is 579 g/mol. The Kier molecular flexibility index (Phi) is 7.55. The molecule has 5 rings (SSSR count). The van der Waals surface area contributed by atoms with E-state index in [0.717, 1.165) is 42.5 Å². The van der Waals surface area contributed by atoms with Gasteiger partial charge in [-0.2, -0.15) is 14.1 Å². The van der Waals surface area contributed by atoms with Gasteiger partial charge in [-0.1, -0.05) is 0 Å². The lowest BCUT2D eigenvalue weighted by atomic mass is 10.2. The van der Waals surface area contributed by atoms with E-state index in [1.54, 1.807) is 4.90 Å². The third-order valence-corrected chi connectivity index (χ3v) is 8.89. The van der Waals surface area contributed by atoms with Crippen LogP contribution in [-0.2, 0) is 22.8 Å². The maximum atomic E-state index is 13.9. The molecule has 1 aliphatic heterocycles. The molecule has 2 aromatic heterocycles. The fourth-order valence-corrected chi connectivity index (χ4v) is 6.60. The van der Waals surface area contributed by atoms with Crippen molar-refractivity contribution in [3.8, 4) is 11.4 Å². The van der Waals surface area contributed by atoms with E-state index >= 15 is 0 Å². The number of piperazine rings is 1. The number of sulfonamides is 1. The summed E-state index contributed by atoms with van der Waals surface area (Å²) in [6.45, 7) is 0.477. The molecular formula is C24H27F2N7O6S. The molecule has 0 radical (unpaired) electrons. The predicted octanol–water partition coefficient (Wildman–Crippen LogP) is 2.13. The Labute approximate surface area is 227 Å². The number of aromatic nitrogens is 4. The van der Waals surface area contributed by atoms with Crippen molar-refractivity contribution >= 4 is 21.5 Å². The molecule has 3 heterocycles. The lowest BCUT2D eigenvalue weighted by Crippen LogP contribution is -2.49. The van der Waals surface area contributed by atoms with Crippen LogP contribution in [0.3, 0.4) is 0 Å². The number of benzene rings is 1. The lowest BCUT2D eigenvalue weighted by molar-refractivity contribution is -0.390. The van der Waals surface area contributed by atoms with Gasteiger partial charge in [-0.05, 0) is 47.7 Å². The standard InChI is InChI=1S/C24H27F2N7O6S/c1-29-15-27-23(33(35)36)21(29)14-40(37,38)31-8-6-30(7-9-31)20-13-28-32(18-11-16(25)10-17(26)12-18)24(34)22(20)39-19-4-2-3-5-19/h10-13,15,19H,2-9,14H2,1H3. The average molecular weight is 580 g/mol. The molecule has 13 nitrogen and oxygen atoms in total. The molecule has 0 unspecified atom stereocenters. The van der Waals surface area contributed by atoms with Crippen LogP contribution < -0.4 is 15.2 Å². The van der Waals surface area contributed by atoms with Crippen LogP contribution in [0.2, 0.25) is 0 Å². The number of halogens is 2. The summed E-state index contributed by atoms with van der Waals surface area (Å²) in [5.74, 6) is -2.84. The van der Waals surface area contributed by atoms with Gasteiger partial charge in [0.1, 0.15) is 28.8 Å². The summed E-state index contributed by atoms with van der Waals surface area (Å²) < 4.78 is 63.5. The van der Waals surface area contributed by atoms with Gasteiger partial charge in [-0.15, -0.1) is 0 Å². The van der Waals surface area contributed by atoms with Crippen molar-refractivity contribution in [2.75, 3.05) is 31.1 Å². The highest BCUT2D eigenvalue weighted by molar-refractivity contribution is 7.88. The highest BCUT2D eigenvalue weighted by Gasteiger charge is 2.33. The van der Waals surface area contributed by atoms with Crippen LogP contribution in [0, 0.1) is 21.7 Å². The Bertz CT molecular complexity index is 1580. The molecule has 2 aliphatic rings. The van der Waals surface area contributed by atoms with Crippen molar-refractivity contribution in [3.63, 3.8) is 0 Å². The van der Waals surface area contributed by atoms with Gasteiger partial charge in [-0.25, -0.2) is 17.2 Å². The molecule has 0 bridgehead atoms. The third kappa shape index (κ3) is 5.54. The van der Waals surface area contributed by atoms with Crippen LogP contribution in [0.15, 0.2) is 35.5 Å². The molecule has 1 saturated heterocycles. The Hall–Kier alpha value is -3.92. The van der Waals surface area contributed by atoms with Gasteiger partial charge in [0.25, 0.3) is 0 Å². The van der Waals surface area contributed by atoms with Gasteiger partial charge < -0.3 is 24.3 Å². The molecule has 0 atom stereocenters. The van der Waals surface area contributed by atoms with E-state index < -0.39 is 43.7 Å². The van der Waals surface area contributed by atoms with Crippen molar-refractivity contribution < 1.29 is 26.9 Å². The largest absolute Gasteiger partial charge is 0.483 e. The van der Waals surface area contributed by atoms with E-state index in [4.69, 9.17) is 4.74 Å². The average Bonchev–Trinajstić information content (AvgIpc) is 3.54. The second-order valence-corrected chi connectivity index (χ2v) is 11.7. The molecule has 0 amide bonds. The lowest BCUT2D eigenvalue weighted by Gasteiger charge is -2.36. The second-order valence-electron chi connectivity index (χ2n) is 9.75. The summed E-state index contributed by atoms with van der Waals surface area (Å²) in [4.78, 5) is 29.5. The zero-order valence-electron chi connectivity index (χ0n) is 21.6. The van der Waals surface area contributed by atoms with Gasteiger partial charge in [-0.3, -0.25) is 4.79 Å². The first kappa shape index (κ1) is 27.6. The Morgan fingerprint density at radius 3 is 2.38 bits per heavy atom. The summed E-state index contributed by atoms with van der Waals surface area (Å²) in [5, 5.41) is 15.4. The highest BCUT2D eigenvalue weighted by atomic mass is 32.2. The van der Waals surface area contributed by atoms with Crippen LogP contribution >= 0.6 is 0 Å². The summed E-state index contributed by atoms with van der Waals surface area (Å²) in [7, 11) is -2.43. The van der Waals surface area contributed by atoms with Crippen LogP contribution in [0.1, 0.15) is 31.4 Å². The number of hydrogen-bond acceptors (Lipinski definition) is 9. The summed E-state index contributed by atoms with van der Waals surface area (Å²) in [6, 6.07) is 2.68. The molecule has 214 valence electrons. The Balaban J connectivity index is 1.39. The van der Waals surface area contributed by atoms with Crippen LogP contribution in [0.25, 0.3) is 5.69 Å². The van der Waals surface area contributed by atoms with E-state index in [0.29, 0.717) is 11.8 Å². The van der Waals surface area contributed by atoms with E-state index in [2.05, 4.69) is 10.1 Å². The van der Waals surface area contributed by atoms with Crippen LogP contribution in [0.4, 0.5) is 20.3 Å². The maximum absolute atomic E-state index is 13.9. The minimum absolute atomic E-state index is 0.0200. The zero-order chi connectivity index (χ0) is 28.6. The van der Waals surface area contributed by atoms with Crippen molar-refractivity contribution in [2.45, 2.75) is 37.5 Å². The molecule has 3 aromatic rings. The van der Waals surface area contributed by atoms with Crippen molar-refractivity contribution in [1.82, 2.24) is 23.6 Å². The number of hydrogen-bond donors (Lipinski definition) is 0. The number of rotatable bonds is 8. The van der Waals surface area contributed by atoms with E-state index in [1.807, 2.05) is 0 Å². The quantitative estimate of drug-likeness (QED) is 0.289. The number of imidazole rings is 1. The minimum atomic E-state index is -3.92. The maximum Gasteiger partial charge on any atom is 0.385 e. The van der Waals surface area contributed by atoms with Gasteiger partial charge >= 0.3 is 11.4 Å². The van der Waals surface area contributed by atoms with Crippen LogP contribution in [-0.4, -0.2) is 69.3 Å². The van der Waals surface area contributed by atoms with Gasteiger partial charge in [0.05, 0.1) is 18.0 Å². The smallest absolute Gasteiger partial charge is 0.385 e. The summed E-state index contributed by atoms with van der Waals surface area (Å²) in [6.07, 6.45) is 5.75. The molecule has 1 aliphatic carbocycles. The first-order chi connectivity index (χ1) is 19.0. The third-order valence-electron chi connectivity index (χ3n) is 7.10. The fraction of sp³-hybridized carbons (Fsp3) is 0.458. The summed E-state index contributed by atoms with van der Waals surface area (Å²) >= 11 is 0. The molecule has 16 heteroatoms. The predicted molar refractivity (Wildman–Crippen MR) is 139 cm³/mol. The van der Waals surface area contributed by atoms with E-state index in [9.17, 15) is 32.1 Å². The molecule has 0 spiro atoms. The number of nitro groups is 1. The normalized spacial score (nSPS) is 16.9. The molecular weight excluding hydrogens is 552 g/mol. The highest BCUT2D eigenvalue weighted by Crippen LogP contribution is 2.31. The van der Waals surface area contributed by atoms with Gasteiger partial charge in [0, 0.05) is 39.3 Å². The number of anilines is 1. The minimum Gasteiger partial charge on any atom is -0.483 e. The number of nitrogens with zero attached hydrogens (tertiary/aromatic N) is 7. The van der Waals surface area contributed by atoms with E-state index in [1.165, 1.54) is 28.4 Å². The van der Waals surface area contributed by atoms with E-state index in [-0.39, 0.29) is 49.4 Å². The molecule has 2 fully saturated rings. The zero-order valence-corrected chi connectivity index (χ0v) is 22.4. The number of aryl methyl sites for hydroxylation is 1. The number of ether oxygens (including phenoxy) is 1. The SMILES string of the molecule is Cn1cnc([N+](=O)[O-])c1CS(=O)(=O)N1CCN(c2cnn(-c3cc(F)cc(F)c3)c(=O)c2OC2CCCC2)CC1. The van der Waals surface area contributed by atoms with Crippen molar-refractivity contribution in [1.29, 1.82) is 0 Å². The topological polar surface area (TPSA) is 146 Å². The molecule has 40 heavy (non-hydrogen) atoms. The Morgan fingerprint density at radius 2 is 1.75 bits per heavy atom. The molecule has 0 N–H and O–H groups in total. The van der Waals surface area contributed by atoms with Crippen molar-refractivity contribution in [2.24, 2.45) is 7.05 Å². The molecule has 1 saturated carbocycles. The summed E-state index contributed by atoms with van der Waals surface area (Å²) in [5.41, 5.74) is -0.455.